The second kappa shape index (κ2) is 4.57. The lowest BCUT2D eigenvalue weighted by atomic mass is 9.72. The number of hydrogen-bond donors (Lipinski definition) is 0. The van der Waals surface area contributed by atoms with E-state index in [1.165, 1.54) is 16.1 Å². The molecule has 0 radical (unpaired) electrons. The number of para-hydroxylation sites is 1. The number of aromatic nitrogens is 1. The van der Waals surface area contributed by atoms with Crippen molar-refractivity contribution in [3.8, 4) is 6.07 Å². The molecule has 4 rings (SSSR count). The van der Waals surface area contributed by atoms with Crippen LogP contribution in [0.4, 0.5) is 5.69 Å². The maximum Gasteiger partial charge on any atom is 0.133 e. The standard InChI is InChI=1S/C17H17N3S/c1-12-10-19-16(21-12)17(11-18)9-13-5-2-3-6-14(13)20-8-4-7-15(17)20/h2-3,5-6,10,15H,4,7-9H2,1H3/t15-,17+/m1/s1. The number of nitriles is 1. The quantitative estimate of drug-likeness (QED) is 0.809. The molecule has 1 saturated heterocycles. The van der Waals surface area contributed by atoms with E-state index in [-0.39, 0.29) is 6.04 Å². The van der Waals surface area contributed by atoms with Crippen LogP contribution in [0.15, 0.2) is 30.5 Å². The summed E-state index contributed by atoms with van der Waals surface area (Å²) in [4.78, 5) is 8.21. The first-order valence-electron chi connectivity index (χ1n) is 7.43. The largest absolute Gasteiger partial charge is 0.366 e. The summed E-state index contributed by atoms with van der Waals surface area (Å²) in [6.07, 6.45) is 4.93. The van der Waals surface area contributed by atoms with Crippen LogP contribution in [0.1, 0.15) is 28.3 Å². The summed E-state index contributed by atoms with van der Waals surface area (Å²) in [5.41, 5.74) is 2.12. The number of hydrogen-bond acceptors (Lipinski definition) is 4. The lowest BCUT2D eigenvalue weighted by molar-refractivity contribution is 0.408. The number of benzene rings is 1. The molecule has 3 heterocycles. The Hall–Kier alpha value is -1.86. The fraction of sp³-hybridized carbons (Fsp3) is 0.412. The van der Waals surface area contributed by atoms with Gasteiger partial charge in [0.15, 0.2) is 0 Å². The highest BCUT2D eigenvalue weighted by molar-refractivity contribution is 7.11. The van der Waals surface area contributed by atoms with Crippen LogP contribution < -0.4 is 4.90 Å². The number of thiazole rings is 1. The van der Waals surface area contributed by atoms with Crippen molar-refractivity contribution in [2.75, 3.05) is 11.4 Å². The molecule has 106 valence electrons. The van der Waals surface area contributed by atoms with Gasteiger partial charge < -0.3 is 4.90 Å². The van der Waals surface area contributed by atoms with Gasteiger partial charge in [0.25, 0.3) is 0 Å². The molecule has 2 aromatic rings. The SMILES string of the molecule is Cc1cnc([C@]2(C#N)Cc3ccccc3N3CCC[C@@H]32)s1. The molecule has 1 fully saturated rings. The molecule has 0 spiro atoms. The van der Waals surface area contributed by atoms with Crippen LogP contribution in [0.25, 0.3) is 0 Å². The van der Waals surface area contributed by atoms with E-state index in [1.807, 2.05) is 6.20 Å². The van der Waals surface area contributed by atoms with Crippen LogP contribution in [0.5, 0.6) is 0 Å². The van der Waals surface area contributed by atoms with Crippen LogP contribution in [0.2, 0.25) is 0 Å². The minimum Gasteiger partial charge on any atom is -0.366 e. The third-order valence-electron chi connectivity index (χ3n) is 4.79. The zero-order valence-corrected chi connectivity index (χ0v) is 12.9. The van der Waals surface area contributed by atoms with Gasteiger partial charge in [-0.1, -0.05) is 18.2 Å². The summed E-state index contributed by atoms with van der Waals surface area (Å²) in [5.74, 6) is 0. The van der Waals surface area contributed by atoms with Crippen molar-refractivity contribution in [1.29, 1.82) is 5.26 Å². The zero-order valence-electron chi connectivity index (χ0n) is 12.0. The third kappa shape index (κ3) is 1.74. The Labute approximate surface area is 128 Å². The van der Waals surface area contributed by atoms with Crippen molar-refractivity contribution in [2.24, 2.45) is 0 Å². The Morgan fingerprint density at radius 3 is 3.05 bits per heavy atom. The molecular formula is C17H17N3S. The lowest BCUT2D eigenvalue weighted by Gasteiger charge is -2.43. The smallest absolute Gasteiger partial charge is 0.133 e. The molecule has 0 amide bonds. The molecule has 0 aliphatic carbocycles. The molecule has 3 nitrogen and oxygen atoms in total. The van der Waals surface area contributed by atoms with Gasteiger partial charge in [0, 0.05) is 29.7 Å². The topological polar surface area (TPSA) is 39.9 Å². The van der Waals surface area contributed by atoms with E-state index in [9.17, 15) is 5.26 Å². The highest BCUT2D eigenvalue weighted by atomic mass is 32.1. The Bertz CT molecular complexity index is 730. The molecule has 2 atom stereocenters. The number of fused-ring (bicyclic) bond motifs is 3. The molecule has 0 saturated carbocycles. The van der Waals surface area contributed by atoms with Crippen LogP contribution in [-0.2, 0) is 11.8 Å². The van der Waals surface area contributed by atoms with Crippen molar-refractivity contribution in [3.63, 3.8) is 0 Å². The van der Waals surface area contributed by atoms with Crippen LogP contribution >= 0.6 is 11.3 Å². The first-order chi connectivity index (χ1) is 10.2. The second-order valence-corrected chi connectivity index (χ2v) is 7.25. The van der Waals surface area contributed by atoms with E-state index < -0.39 is 5.41 Å². The van der Waals surface area contributed by atoms with Gasteiger partial charge in [0.05, 0.1) is 12.1 Å². The molecule has 0 unspecified atom stereocenters. The first-order valence-corrected chi connectivity index (χ1v) is 8.25. The van der Waals surface area contributed by atoms with E-state index >= 15 is 0 Å². The van der Waals surface area contributed by atoms with Crippen molar-refractivity contribution in [3.05, 3.63) is 45.9 Å². The fourth-order valence-electron chi connectivity index (χ4n) is 3.87. The molecule has 0 bridgehead atoms. The molecule has 0 N–H and O–H groups in total. The average molecular weight is 295 g/mol. The van der Waals surface area contributed by atoms with Gasteiger partial charge in [-0.3, -0.25) is 0 Å². The Morgan fingerprint density at radius 2 is 2.29 bits per heavy atom. The van der Waals surface area contributed by atoms with Gasteiger partial charge in [0.2, 0.25) is 0 Å². The van der Waals surface area contributed by atoms with E-state index in [1.54, 1.807) is 11.3 Å². The number of rotatable bonds is 1. The first kappa shape index (κ1) is 12.8. The second-order valence-electron chi connectivity index (χ2n) is 6.02. The number of nitrogens with zero attached hydrogens (tertiary/aromatic N) is 3. The van der Waals surface area contributed by atoms with Gasteiger partial charge in [0.1, 0.15) is 10.4 Å². The van der Waals surface area contributed by atoms with Gasteiger partial charge in [-0.25, -0.2) is 4.98 Å². The minimum absolute atomic E-state index is 0.267. The third-order valence-corrected chi connectivity index (χ3v) is 5.88. The van der Waals surface area contributed by atoms with E-state index in [0.717, 1.165) is 30.8 Å². The Morgan fingerprint density at radius 1 is 1.43 bits per heavy atom. The predicted molar refractivity (Wildman–Crippen MR) is 84.7 cm³/mol. The van der Waals surface area contributed by atoms with E-state index in [0.29, 0.717) is 0 Å². The molecule has 2 aliphatic rings. The fourth-order valence-corrected chi connectivity index (χ4v) is 4.82. The highest BCUT2D eigenvalue weighted by Crippen LogP contribution is 2.47. The summed E-state index contributed by atoms with van der Waals surface area (Å²) < 4.78 is 0. The van der Waals surface area contributed by atoms with Crippen molar-refractivity contribution in [2.45, 2.75) is 37.6 Å². The van der Waals surface area contributed by atoms with Crippen LogP contribution in [0, 0.1) is 18.3 Å². The molecule has 21 heavy (non-hydrogen) atoms. The van der Waals surface area contributed by atoms with Gasteiger partial charge >= 0.3 is 0 Å². The van der Waals surface area contributed by atoms with Gasteiger partial charge in [-0.15, -0.1) is 11.3 Å². The van der Waals surface area contributed by atoms with Crippen molar-refractivity contribution < 1.29 is 0 Å². The van der Waals surface area contributed by atoms with Gasteiger partial charge in [-0.05, 0) is 31.4 Å². The maximum absolute atomic E-state index is 10.1. The summed E-state index contributed by atoms with van der Waals surface area (Å²) in [6, 6.07) is 11.5. The molecule has 2 aliphatic heterocycles. The monoisotopic (exact) mass is 295 g/mol. The van der Waals surface area contributed by atoms with Gasteiger partial charge in [-0.2, -0.15) is 5.26 Å². The Kier molecular flexibility index (Phi) is 2.80. The summed E-state index contributed by atoms with van der Waals surface area (Å²) >= 11 is 1.68. The summed E-state index contributed by atoms with van der Waals surface area (Å²) in [5, 5.41) is 11.1. The van der Waals surface area contributed by atoms with Crippen LogP contribution in [-0.4, -0.2) is 17.6 Å². The lowest BCUT2D eigenvalue weighted by Crippen LogP contribution is -2.51. The van der Waals surface area contributed by atoms with Crippen LogP contribution in [0.3, 0.4) is 0 Å². The molecule has 4 heteroatoms. The summed E-state index contributed by atoms with van der Waals surface area (Å²) in [7, 11) is 0. The normalized spacial score (nSPS) is 27.0. The number of aryl methyl sites for hydroxylation is 1. The van der Waals surface area contributed by atoms with E-state index in [4.69, 9.17) is 0 Å². The van der Waals surface area contributed by atoms with Crippen molar-refractivity contribution in [1.82, 2.24) is 4.98 Å². The maximum atomic E-state index is 10.1. The molecule has 1 aromatic heterocycles. The Balaban J connectivity index is 1.91. The highest BCUT2D eigenvalue weighted by Gasteiger charge is 2.51. The zero-order chi connectivity index (χ0) is 14.4. The van der Waals surface area contributed by atoms with Crippen molar-refractivity contribution >= 4 is 17.0 Å². The number of anilines is 1. The predicted octanol–water partition coefficient (Wildman–Crippen LogP) is 3.44. The molecule has 1 aromatic carbocycles. The summed E-state index contributed by atoms with van der Waals surface area (Å²) in [6.45, 7) is 3.12. The average Bonchev–Trinajstić information content (AvgIpc) is 3.15. The molecular weight excluding hydrogens is 278 g/mol. The minimum atomic E-state index is -0.482. The van der Waals surface area contributed by atoms with E-state index in [2.05, 4.69) is 47.1 Å².